The Morgan fingerprint density at radius 1 is 0.727 bits per heavy atom. The van der Waals surface area contributed by atoms with Crippen molar-refractivity contribution in [2.45, 2.75) is 6.92 Å². The Bertz CT molecular complexity index is 1480. The van der Waals surface area contributed by atoms with Crippen LogP contribution in [-0.4, -0.2) is 48.2 Å². The monoisotopic (exact) mass is 645 g/mol. The van der Waals surface area contributed by atoms with Crippen LogP contribution in [0.25, 0.3) is 0 Å². The van der Waals surface area contributed by atoms with E-state index < -0.39 is 7.26 Å². The minimum Gasteiger partial charge on any atom is -0.364 e. The number of hydrogen-bond donors (Lipinski definition) is 4. The lowest BCUT2D eigenvalue weighted by atomic mass is 10.1. The molecule has 0 fully saturated rings. The maximum Gasteiger partial charge on any atom is 0.187 e. The highest BCUT2D eigenvalue weighted by Crippen LogP contribution is 2.55. The number of rotatable bonds is 12. The number of halogens is 1. The molecule has 0 amide bonds. The van der Waals surface area contributed by atoms with E-state index in [2.05, 4.69) is 104 Å². The second-order valence-electron chi connectivity index (χ2n) is 9.58. The lowest BCUT2D eigenvalue weighted by molar-refractivity contribution is 0.185. The van der Waals surface area contributed by atoms with Crippen molar-refractivity contribution in [2.24, 2.45) is 10.2 Å². The molecule has 4 rings (SSSR count). The smallest absolute Gasteiger partial charge is 0.187 e. The Hall–Kier alpha value is -4.08. The first-order valence-corrected chi connectivity index (χ1v) is 16.8. The summed E-state index contributed by atoms with van der Waals surface area (Å²) in [6.07, 6.45) is 0.545. The van der Waals surface area contributed by atoms with Gasteiger partial charge in [-0.05, 0) is 92.0 Å². The van der Waals surface area contributed by atoms with E-state index >= 15 is 0 Å². The molecule has 0 spiro atoms. The fourth-order valence-electron chi connectivity index (χ4n) is 4.51. The number of nitrogens with zero attached hydrogens (tertiary/aromatic N) is 2. The van der Waals surface area contributed by atoms with Gasteiger partial charge < -0.3 is 15.4 Å². The molecule has 4 aromatic rings. The Morgan fingerprint density at radius 3 is 1.73 bits per heavy atom. The summed E-state index contributed by atoms with van der Waals surface area (Å²) in [6, 6.07) is 37.8. The van der Waals surface area contributed by atoms with Gasteiger partial charge in [-0.1, -0.05) is 54.6 Å². The standard InChI is InChI=1S/C33H34FN6OPS2/c1-25(31(38-39-32(43)35-2)26-18-20-27(34)21-19-26)37-40-33(44)36-22-23-41-24-42(28-12-6-3-7-13-28,29-14-8-4-9-15-29)30-16-10-5-11-17-30/h3-21H,22-24H2,1-2H3,(H3-,35,36,37,38,39,40,43,44)/p+1. The number of hydrazone groups is 2. The zero-order valence-corrected chi connectivity index (χ0v) is 27.1. The summed E-state index contributed by atoms with van der Waals surface area (Å²) in [5.41, 5.74) is 7.27. The molecule has 0 aliphatic carbocycles. The zero-order chi connectivity index (χ0) is 31.2. The molecule has 0 bridgehead atoms. The normalized spacial score (nSPS) is 11.9. The maximum atomic E-state index is 13.5. The largest absolute Gasteiger partial charge is 0.364 e. The van der Waals surface area contributed by atoms with Crippen LogP contribution in [0.3, 0.4) is 0 Å². The Balaban J connectivity index is 1.41. The van der Waals surface area contributed by atoms with Gasteiger partial charge in [-0.15, -0.1) is 0 Å². The number of hydrogen-bond acceptors (Lipinski definition) is 5. The van der Waals surface area contributed by atoms with Gasteiger partial charge in [0.05, 0.1) is 12.3 Å². The minimum absolute atomic E-state index is 0.334. The lowest BCUT2D eigenvalue weighted by Crippen LogP contribution is -2.37. The Morgan fingerprint density at radius 2 is 1.23 bits per heavy atom. The van der Waals surface area contributed by atoms with E-state index in [1.807, 2.05) is 18.2 Å². The number of thiocarbonyl (C=S) groups is 2. The second kappa shape index (κ2) is 16.7. The fraction of sp³-hybridized carbons (Fsp3) is 0.152. The highest BCUT2D eigenvalue weighted by molar-refractivity contribution is 7.95. The van der Waals surface area contributed by atoms with Crippen molar-refractivity contribution >= 4 is 69.3 Å². The first-order chi connectivity index (χ1) is 21.4. The van der Waals surface area contributed by atoms with Crippen LogP contribution < -0.4 is 37.4 Å². The number of nitrogens with one attached hydrogen (secondary N) is 4. The predicted octanol–water partition coefficient (Wildman–Crippen LogP) is 4.43. The molecule has 0 radical (unpaired) electrons. The third-order valence-corrected chi connectivity index (χ3v) is 11.3. The van der Waals surface area contributed by atoms with E-state index in [0.717, 1.165) is 0 Å². The SMILES string of the molecule is CNC(=S)N/N=C(/C(C)=N/NC(=S)NCCOC[P+](c1ccccc1)(c1ccccc1)c1ccccc1)c1ccc(F)cc1. The van der Waals surface area contributed by atoms with Crippen molar-refractivity contribution in [3.8, 4) is 0 Å². The summed E-state index contributed by atoms with van der Waals surface area (Å²) < 4.78 is 19.9. The molecular weight excluding hydrogens is 611 g/mol. The molecule has 0 aromatic heterocycles. The van der Waals surface area contributed by atoms with Crippen molar-refractivity contribution in [3.05, 3.63) is 127 Å². The van der Waals surface area contributed by atoms with Crippen LogP contribution in [0, 0.1) is 5.82 Å². The van der Waals surface area contributed by atoms with Crippen molar-refractivity contribution in [3.63, 3.8) is 0 Å². The fourth-order valence-corrected chi connectivity index (χ4v) is 8.49. The third kappa shape index (κ3) is 8.74. The molecule has 0 saturated heterocycles. The Kier molecular flexibility index (Phi) is 12.4. The van der Waals surface area contributed by atoms with Gasteiger partial charge in [0.25, 0.3) is 0 Å². The molecule has 0 aliphatic rings. The van der Waals surface area contributed by atoms with Crippen LogP contribution in [-0.2, 0) is 4.74 Å². The first-order valence-electron chi connectivity index (χ1n) is 14.0. The van der Waals surface area contributed by atoms with E-state index in [1.165, 1.54) is 28.0 Å². The van der Waals surface area contributed by atoms with Gasteiger partial charge in [-0.3, -0.25) is 10.9 Å². The Labute approximate surface area is 269 Å². The van der Waals surface area contributed by atoms with Gasteiger partial charge in [-0.25, -0.2) is 4.39 Å². The van der Waals surface area contributed by atoms with Gasteiger partial charge >= 0.3 is 0 Å². The summed E-state index contributed by atoms with van der Waals surface area (Å²) in [6.45, 7) is 2.69. The molecule has 226 valence electrons. The summed E-state index contributed by atoms with van der Waals surface area (Å²) in [7, 11) is -0.393. The molecule has 4 aromatic carbocycles. The quantitative estimate of drug-likeness (QED) is 0.0597. The molecule has 7 nitrogen and oxygen atoms in total. The van der Waals surface area contributed by atoms with Gasteiger partial charge in [0.1, 0.15) is 34.7 Å². The molecule has 44 heavy (non-hydrogen) atoms. The molecule has 0 atom stereocenters. The average molecular weight is 646 g/mol. The maximum absolute atomic E-state index is 13.5. The second-order valence-corrected chi connectivity index (χ2v) is 13.8. The summed E-state index contributed by atoms with van der Waals surface area (Å²) >= 11 is 10.6. The van der Waals surface area contributed by atoms with Gasteiger partial charge in [0.15, 0.2) is 16.6 Å². The molecule has 0 heterocycles. The highest BCUT2D eigenvalue weighted by Gasteiger charge is 2.45. The summed E-state index contributed by atoms with van der Waals surface area (Å²) in [5.74, 6) is -0.345. The van der Waals surface area contributed by atoms with Gasteiger partial charge in [0.2, 0.25) is 0 Å². The van der Waals surface area contributed by atoms with E-state index in [-0.39, 0.29) is 5.82 Å². The van der Waals surface area contributed by atoms with Crippen LogP contribution in [0.15, 0.2) is 125 Å². The molecule has 0 saturated carbocycles. The molecule has 4 N–H and O–H groups in total. The van der Waals surface area contributed by atoms with Crippen LogP contribution >= 0.6 is 31.7 Å². The van der Waals surface area contributed by atoms with Crippen LogP contribution in [0.1, 0.15) is 12.5 Å². The average Bonchev–Trinajstić information content (AvgIpc) is 3.07. The van der Waals surface area contributed by atoms with Crippen molar-refractivity contribution in [1.82, 2.24) is 21.5 Å². The van der Waals surface area contributed by atoms with Gasteiger partial charge in [0, 0.05) is 19.2 Å². The van der Waals surface area contributed by atoms with Crippen LogP contribution in [0.2, 0.25) is 0 Å². The van der Waals surface area contributed by atoms with Crippen molar-refractivity contribution in [1.29, 1.82) is 0 Å². The van der Waals surface area contributed by atoms with Crippen LogP contribution in [0.4, 0.5) is 4.39 Å². The molecule has 11 heteroatoms. The van der Waals surface area contributed by atoms with Crippen LogP contribution in [0.5, 0.6) is 0 Å². The highest BCUT2D eigenvalue weighted by atomic mass is 32.1. The minimum atomic E-state index is -2.08. The molecule has 0 aliphatic heterocycles. The van der Waals surface area contributed by atoms with E-state index in [9.17, 15) is 4.39 Å². The third-order valence-electron chi connectivity index (χ3n) is 6.69. The first kappa shape index (κ1) is 32.8. The van der Waals surface area contributed by atoms with E-state index in [0.29, 0.717) is 46.7 Å². The van der Waals surface area contributed by atoms with Crippen molar-refractivity contribution < 1.29 is 9.13 Å². The predicted molar refractivity (Wildman–Crippen MR) is 191 cm³/mol. The molecular formula is C33H35FN6OPS2+. The van der Waals surface area contributed by atoms with Crippen molar-refractivity contribution in [2.75, 3.05) is 26.5 Å². The topological polar surface area (TPSA) is 82.1 Å². The summed E-state index contributed by atoms with van der Waals surface area (Å²) in [5, 5.41) is 19.1. The van der Waals surface area contributed by atoms with E-state index in [4.69, 9.17) is 29.2 Å². The lowest BCUT2D eigenvalue weighted by Gasteiger charge is -2.27. The zero-order valence-electron chi connectivity index (χ0n) is 24.5. The van der Waals surface area contributed by atoms with E-state index in [1.54, 1.807) is 26.1 Å². The number of benzene rings is 4. The summed E-state index contributed by atoms with van der Waals surface area (Å²) in [4.78, 5) is 0. The number of ether oxygens (including phenoxy) is 1. The van der Waals surface area contributed by atoms with Gasteiger partial charge in [-0.2, -0.15) is 10.2 Å². The molecule has 0 unspecified atom stereocenters.